The van der Waals surface area contributed by atoms with E-state index in [0.29, 0.717) is 37.5 Å². The Morgan fingerprint density at radius 2 is 1.69 bits per heavy atom. The Labute approximate surface area is 270 Å². The van der Waals surface area contributed by atoms with Gasteiger partial charge in [0.2, 0.25) is 5.91 Å². The number of piperazine rings is 1. The summed E-state index contributed by atoms with van der Waals surface area (Å²) >= 11 is 1.28. The van der Waals surface area contributed by atoms with Crippen LogP contribution in [0.1, 0.15) is 59.5 Å². The highest BCUT2D eigenvalue weighted by Crippen LogP contribution is 2.47. The number of hydrogen-bond donors (Lipinski definition) is 1. The molecular formula is C36H42N6O2S. The van der Waals surface area contributed by atoms with Gasteiger partial charge < -0.3 is 14.4 Å². The third-order valence-corrected chi connectivity index (χ3v) is 10.5. The summed E-state index contributed by atoms with van der Waals surface area (Å²) in [4.78, 5) is 36.1. The van der Waals surface area contributed by atoms with Gasteiger partial charge in [0.05, 0.1) is 11.6 Å². The third kappa shape index (κ3) is 5.95. The lowest BCUT2D eigenvalue weighted by atomic mass is 9.81. The van der Waals surface area contributed by atoms with E-state index in [1.807, 2.05) is 49.0 Å². The molecule has 1 unspecified atom stereocenters. The summed E-state index contributed by atoms with van der Waals surface area (Å²) < 4.78 is 7.22. The maximum atomic E-state index is 14.3. The Hall–Kier alpha value is -3.82. The topological polar surface area (TPSA) is 73.7 Å². The average Bonchev–Trinajstić information content (AvgIpc) is 3.29. The zero-order valence-corrected chi connectivity index (χ0v) is 27.1. The van der Waals surface area contributed by atoms with E-state index < -0.39 is 0 Å². The van der Waals surface area contributed by atoms with E-state index in [0.717, 1.165) is 24.3 Å². The second-order valence-electron chi connectivity index (χ2n) is 12.9. The van der Waals surface area contributed by atoms with E-state index in [9.17, 15) is 9.59 Å². The van der Waals surface area contributed by atoms with Crippen LogP contribution in [-0.2, 0) is 17.8 Å². The van der Waals surface area contributed by atoms with Crippen LogP contribution in [0, 0.1) is 5.92 Å². The molecule has 9 heteroatoms. The van der Waals surface area contributed by atoms with Gasteiger partial charge in [0.1, 0.15) is 0 Å². The first kappa shape index (κ1) is 29.9. The number of carbonyl (C=O) groups is 2. The first-order chi connectivity index (χ1) is 22.0. The maximum absolute atomic E-state index is 14.3. The number of pyridine rings is 1. The van der Waals surface area contributed by atoms with Crippen LogP contribution in [0.25, 0.3) is 22.2 Å². The van der Waals surface area contributed by atoms with Crippen LogP contribution in [0.4, 0.5) is 5.69 Å². The van der Waals surface area contributed by atoms with Crippen LogP contribution >= 0.6 is 12.1 Å². The van der Waals surface area contributed by atoms with Gasteiger partial charge in [0.15, 0.2) is 0 Å². The van der Waals surface area contributed by atoms with Gasteiger partial charge in [-0.2, -0.15) is 0 Å². The molecule has 2 fully saturated rings. The van der Waals surface area contributed by atoms with E-state index in [1.165, 1.54) is 72.0 Å². The van der Waals surface area contributed by atoms with E-state index >= 15 is 0 Å². The van der Waals surface area contributed by atoms with Gasteiger partial charge in [-0.05, 0) is 74.7 Å². The number of nitrogens with zero attached hydrogens (tertiary/aromatic N) is 5. The van der Waals surface area contributed by atoms with Crippen molar-refractivity contribution >= 4 is 40.5 Å². The minimum absolute atomic E-state index is 0.112. The molecule has 0 spiro atoms. The first-order valence-electron chi connectivity index (χ1n) is 16.3. The number of amides is 2. The van der Waals surface area contributed by atoms with Gasteiger partial charge in [-0.3, -0.25) is 19.3 Å². The van der Waals surface area contributed by atoms with Crippen LogP contribution in [0.3, 0.4) is 0 Å². The Balaban J connectivity index is 1.27. The molecule has 4 aromatic rings. The minimum atomic E-state index is -0.184. The van der Waals surface area contributed by atoms with Gasteiger partial charge >= 0.3 is 0 Å². The van der Waals surface area contributed by atoms with Gasteiger partial charge in [0, 0.05) is 85.0 Å². The summed E-state index contributed by atoms with van der Waals surface area (Å²) in [5, 5.41) is 1.22. The number of carbonyl (C=O) groups excluding carboxylic acids is 2. The number of aromatic nitrogens is 2. The van der Waals surface area contributed by atoms with Crippen molar-refractivity contribution in [1.82, 2.24) is 23.5 Å². The van der Waals surface area contributed by atoms with Crippen molar-refractivity contribution in [1.29, 1.82) is 0 Å². The lowest BCUT2D eigenvalue weighted by molar-refractivity contribution is -0.136. The monoisotopic (exact) mass is 622 g/mol. The SMILES string of the molecule is CN(C)SNC(=O)c1ccc2c(C3CCCCC3)c3n(c2c1)CC(C(=O)N1CCN(c2ccncc2)CC1)Cc1ccccc1-3. The summed E-state index contributed by atoms with van der Waals surface area (Å²) in [5.74, 6) is 0.406. The Kier molecular flexibility index (Phi) is 8.55. The number of benzene rings is 2. The van der Waals surface area contributed by atoms with Crippen LogP contribution in [-0.4, -0.2) is 70.8 Å². The maximum Gasteiger partial charge on any atom is 0.262 e. The van der Waals surface area contributed by atoms with E-state index in [4.69, 9.17) is 0 Å². The molecule has 7 rings (SSSR count). The summed E-state index contributed by atoms with van der Waals surface area (Å²) in [6.45, 7) is 3.64. The number of rotatable bonds is 6. The largest absolute Gasteiger partial charge is 0.368 e. The van der Waals surface area contributed by atoms with Crippen LogP contribution in [0.5, 0.6) is 0 Å². The highest BCUT2D eigenvalue weighted by Gasteiger charge is 2.35. The molecule has 1 atom stereocenters. The predicted molar refractivity (Wildman–Crippen MR) is 182 cm³/mol. The van der Waals surface area contributed by atoms with Crippen molar-refractivity contribution in [3.05, 3.63) is 83.7 Å². The highest BCUT2D eigenvalue weighted by atomic mass is 32.2. The van der Waals surface area contributed by atoms with Crippen LogP contribution in [0.2, 0.25) is 0 Å². The molecule has 2 amide bonds. The van der Waals surface area contributed by atoms with Crippen molar-refractivity contribution in [3.8, 4) is 11.3 Å². The molecule has 0 bridgehead atoms. The fourth-order valence-corrected chi connectivity index (χ4v) is 8.02. The third-order valence-electron chi connectivity index (χ3n) is 9.81. The molecule has 4 heterocycles. The molecule has 2 aromatic heterocycles. The Morgan fingerprint density at radius 1 is 0.933 bits per heavy atom. The Morgan fingerprint density at radius 3 is 2.44 bits per heavy atom. The first-order valence-corrected chi connectivity index (χ1v) is 17.1. The molecule has 0 radical (unpaired) electrons. The number of hydrogen-bond acceptors (Lipinski definition) is 6. The molecule has 45 heavy (non-hydrogen) atoms. The van der Waals surface area contributed by atoms with Crippen LogP contribution in [0.15, 0.2) is 67.0 Å². The molecular weight excluding hydrogens is 581 g/mol. The van der Waals surface area contributed by atoms with E-state index in [-0.39, 0.29) is 17.7 Å². The molecule has 1 aliphatic carbocycles. The summed E-state index contributed by atoms with van der Waals surface area (Å²) in [6.07, 6.45) is 10.5. The smallest absolute Gasteiger partial charge is 0.262 e. The van der Waals surface area contributed by atoms with Crippen molar-refractivity contribution in [3.63, 3.8) is 0 Å². The predicted octanol–water partition coefficient (Wildman–Crippen LogP) is 6.13. The quantitative estimate of drug-likeness (QED) is 0.261. The number of fused-ring (bicyclic) bond motifs is 5. The van der Waals surface area contributed by atoms with Crippen molar-refractivity contribution in [2.75, 3.05) is 45.2 Å². The van der Waals surface area contributed by atoms with E-state index in [1.54, 1.807) is 0 Å². The minimum Gasteiger partial charge on any atom is -0.368 e. The molecule has 2 aromatic carbocycles. The molecule has 2 aliphatic heterocycles. The Bertz CT molecular complexity index is 1690. The van der Waals surface area contributed by atoms with Gasteiger partial charge in [-0.1, -0.05) is 49.6 Å². The summed E-state index contributed by atoms with van der Waals surface area (Å²) in [5.41, 5.74) is 8.00. The summed E-state index contributed by atoms with van der Waals surface area (Å²) in [6, 6.07) is 19.0. The summed E-state index contributed by atoms with van der Waals surface area (Å²) in [7, 11) is 3.82. The van der Waals surface area contributed by atoms with Gasteiger partial charge in [-0.15, -0.1) is 0 Å². The molecule has 1 saturated heterocycles. The second-order valence-corrected chi connectivity index (χ2v) is 14.0. The zero-order valence-electron chi connectivity index (χ0n) is 26.2. The van der Waals surface area contributed by atoms with Crippen molar-refractivity contribution in [2.24, 2.45) is 5.92 Å². The molecule has 8 nitrogen and oxygen atoms in total. The number of nitrogens with one attached hydrogen (secondary N) is 1. The van der Waals surface area contributed by atoms with Gasteiger partial charge in [-0.25, -0.2) is 4.31 Å². The lowest BCUT2D eigenvalue weighted by Crippen LogP contribution is -2.51. The van der Waals surface area contributed by atoms with E-state index in [2.05, 4.69) is 60.5 Å². The highest BCUT2D eigenvalue weighted by molar-refractivity contribution is 7.95. The second kappa shape index (κ2) is 12.9. The molecule has 1 saturated carbocycles. The lowest BCUT2D eigenvalue weighted by Gasteiger charge is -2.37. The number of anilines is 1. The molecule has 234 valence electrons. The standard InChI is InChI=1S/C36H42N6O2S/c1-39(2)45-38-35(43)27-12-13-31-32(23-27)42-24-28(36(44)41-20-18-40(19-21-41)29-14-16-37-17-15-29)22-26-10-6-7-11-30(26)34(42)33(31)25-8-4-3-5-9-25/h6-7,10-17,23,25,28H,3-5,8-9,18-22,24H2,1-2H3,(H,38,43). The molecule has 3 aliphatic rings. The van der Waals surface area contributed by atoms with Crippen molar-refractivity contribution < 1.29 is 9.59 Å². The fraction of sp³-hybridized carbons (Fsp3) is 0.417. The zero-order chi connectivity index (χ0) is 30.9. The molecule has 1 N–H and O–H groups in total. The van der Waals surface area contributed by atoms with Crippen LogP contribution < -0.4 is 9.62 Å². The van der Waals surface area contributed by atoms with Gasteiger partial charge in [0.25, 0.3) is 5.91 Å². The fourth-order valence-electron chi connectivity index (χ4n) is 7.64. The van der Waals surface area contributed by atoms with Crippen molar-refractivity contribution in [2.45, 2.75) is 51.0 Å². The normalized spacial score (nSPS) is 18.9. The average molecular weight is 623 g/mol.